The molecule has 0 spiro atoms. The second-order valence-electron chi connectivity index (χ2n) is 11.8. The summed E-state index contributed by atoms with van der Waals surface area (Å²) in [5.41, 5.74) is -0.0581. The molecule has 1 aliphatic rings. The monoisotopic (exact) mass is 542 g/mol. The number of hydrogen-bond acceptors (Lipinski definition) is 5. The van der Waals surface area contributed by atoms with E-state index < -0.39 is 23.0 Å². The molecule has 0 aliphatic carbocycles. The number of carbonyl (C=O) groups is 1. The molecule has 228 valence electrons. The molecule has 3 unspecified atom stereocenters. The summed E-state index contributed by atoms with van der Waals surface area (Å²) in [5, 5.41) is 11.4. The van der Waals surface area contributed by atoms with E-state index in [2.05, 4.69) is 53.1 Å². The van der Waals surface area contributed by atoms with E-state index in [1.807, 2.05) is 62.3 Å². The van der Waals surface area contributed by atoms with E-state index >= 15 is 0 Å². The van der Waals surface area contributed by atoms with Crippen LogP contribution in [0.25, 0.3) is 0 Å². The van der Waals surface area contributed by atoms with Gasteiger partial charge in [0.05, 0.1) is 23.4 Å². The summed E-state index contributed by atoms with van der Waals surface area (Å²) in [5.74, 6) is 0.999. The van der Waals surface area contributed by atoms with Crippen LogP contribution in [-0.4, -0.2) is 48.6 Å². The molecule has 1 heterocycles. The molecular weight excluding hydrogens is 474 g/mol. The molecule has 38 heavy (non-hydrogen) atoms. The summed E-state index contributed by atoms with van der Waals surface area (Å²) in [7, 11) is 3.50. The smallest absolute Gasteiger partial charge is 0.143 e. The summed E-state index contributed by atoms with van der Waals surface area (Å²) in [6.45, 7) is 34.8. The third kappa shape index (κ3) is 12.3. The average molecular weight is 542 g/mol. The van der Waals surface area contributed by atoms with Crippen molar-refractivity contribution in [1.29, 1.82) is 0 Å². The lowest BCUT2D eigenvalue weighted by Crippen LogP contribution is -2.49. The van der Waals surface area contributed by atoms with Crippen molar-refractivity contribution in [2.45, 2.75) is 141 Å². The van der Waals surface area contributed by atoms with Crippen molar-refractivity contribution in [2.75, 3.05) is 14.2 Å². The minimum Gasteiger partial charge on any atom is -0.494 e. The highest BCUT2D eigenvalue weighted by atomic mass is 16.5. The highest BCUT2D eigenvalue weighted by Crippen LogP contribution is 2.39. The Kier molecular flexibility index (Phi) is 21.5. The van der Waals surface area contributed by atoms with Crippen molar-refractivity contribution in [2.24, 2.45) is 40.0 Å². The number of rotatable bonds is 2. The van der Waals surface area contributed by atoms with Crippen molar-refractivity contribution in [3.05, 3.63) is 12.3 Å². The third-order valence-electron chi connectivity index (χ3n) is 7.65. The first kappa shape index (κ1) is 41.3. The Balaban J connectivity index is -0.00000136. The maximum atomic E-state index is 13.0. The number of nitrogens with zero attached hydrogens (tertiary/aromatic N) is 1. The van der Waals surface area contributed by atoms with Crippen LogP contribution >= 0.6 is 0 Å². The van der Waals surface area contributed by atoms with Crippen LogP contribution in [0.4, 0.5) is 0 Å². The summed E-state index contributed by atoms with van der Waals surface area (Å²) >= 11 is 0. The first-order valence-electron chi connectivity index (χ1n) is 15.1. The minimum atomic E-state index is -0.656. The van der Waals surface area contributed by atoms with E-state index in [1.165, 1.54) is 0 Å². The van der Waals surface area contributed by atoms with Crippen molar-refractivity contribution in [3.8, 4) is 0 Å². The number of carbonyl (C=O) groups excluding carboxylic acids is 1. The van der Waals surface area contributed by atoms with E-state index in [1.54, 1.807) is 14.2 Å². The third-order valence-corrected chi connectivity index (χ3v) is 7.65. The van der Waals surface area contributed by atoms with E-state index in [0.29, 0.717) is 18.6 Å². The Hall–Kier alpha value is -1.20. The van der Waals surface area contributed by atoms with Crippen molar-refractivity contribution in [3.63, 3.8) is 0 Å². The number of ketones is 1. The van der Waals surface area contributed by atoms with Crippen molar-refractivity contribution >= 4 is 11.5 Å². The SMILES string of the molecule is C=C1O[C@H](CC)C(C)(C)C(O)C(C)C(=NC)[C@H](C)C[C@@](C)(OC)[C@H](C)CC(=O)C1C.CC.CC.CC(C)C. The summed E-state index contributed by atoms with van der Waals surface area (Å²) in [6, 6.07) is 0. The average Bonchev–Trinajstić information content (AvgIpc) is 2.87. The molecule has 1 rings (SSSR count). The molecule has 0 saturated carbocycles. The molecule has 5 nitrogen and oxygen atoms in total. The number of aliphatic hydroxyl groups is 1. The highest BCUT2D eigenvalue weighted by Gasteiger charge is 2.44. The first-order chi connectivity index (χ1) is 17.5. The Labute approximate surface area is 238 Å². The van der Waals surface area contributed by atoms with Gasteiger partial charge in [0.25, 0.3) is 0 Å². The van der Waals surface area contributed by atoms with E-state index in [4.69, 9.17) is 9.47 Å². The van der Waals surface area contributed by atoms with Gasteiger partial charge in [-0.1, -0.05) is 96.6 Å². The lowest BCUT2D eigenvalue weighted by molar-refractivity contribution is -0.129. The van der Waals surface area contributed by atoms with Crippen LogP contribution in [0.5, 0.6) is 0 Å². The molecule has 1 saturated heterocycles. The van der Waals surface area contributed by atoms with Crippen LogP contribution in [0.1, 0.15) is 123 Å². The second kappa shape index (κ2) is 19.8. The second-order valence-corrected chi connectivity index (χ2v) is 11.8. The molecule has 0 amide bonds. The molecule has 1 fully saturated rings. The molecule has 0 bridgehead atoms. The van der Waals surface area contributed by atoms with E-state index in [0.717, 1.165) is 18.1 Å². The quantitative estimate of drug-likeness (QED) is 0.379. The Morgan fingerprint density at radius 3 is 1.89 bits per heavy atom. The Morgan fingerprint density at radius 2 is 1.53 bits per heavy atom. The fourth-order valence-corrected chi connectivity index (χ4v) is 4.99. The molecule has 0 aromatic rings. The summed E-state index contributed by atoms with van der Waals surface area (Å²) < 4.78 is 12.2. The van der Waals surface area contributed by atoms with Gasteiger partial charge in [-0.15, -0.1) is 0 Å². The van der Waals surface area contributed by atoms with Crippen LogP contribution in [0, 0.1) is 35.0 Å². The maximum Gasteiger partial charge on any atom is 0.143 e. The largest absolute Gasteiger partial charge is 0.494 e. The Morgan fingerprint density at radius 1 is 1.08 bits per heavy atom. The molecule has 7 atom stereocenters. The van der Waals surface area contributed by atoms with Gasteiger partial charge in [0, 0.05) is 37.6 Å². The van der Waals surface area contributed by atoms with Gasteiger partial charge in [0.15, 0.2) is 0 Å². The topological polar surface area (TPSA) is 68.1 Å². The van der Waals surface area contributed by atoms with Gasteiger partial charge in [-0.25, -0.2) is 0 Å². The molecule has 1 aliphatic heterocycles. The zero-order valence-corrected chi connectivity index (χ0v) is 28.5. The van der Waals surface area contributed by atoms with Gasteiger partial charge in [-0.2, -0.15) is 0 Å². The van der Waals surface area contributed by atoms with Crippen molar-refractivity contribution in [1.82, 2.24) is 0 Å². The van der Waals surface area contributed by atoms with Crippen LogP contribution in [0.3, 0.4) is 0 Å². The summed E-state index contributed by atoms with van der Waals surface area (Å²) in [6.07, 6.45) is 0.929. The fraction of sp³-hybridized carbons (Fsp3) is 0.879. The van der Waals surface area contributed by atoms with Crippen molar-refractivity contribution < 1.29 is 19.4 Å². The Bertz CT molecular complexity index is 682. The van der Waals surface area contributed by atoms with E-state index in [9.17, 15) is 9.90 Å². The lowest BCUT2D eigenvalue weighted by atomic mass is 9.70. The van der Waals surface area contributed by atoms with Crippen LogP contribution < -0.4 is 0 Å². The van der Waals surface area contributed by atoms with E-state index in [-0.39, 0.29) is 29.6 Å². The van der Waals surface area contributed by atoms with Crippen LogP contribution in [0.2, 0.25) is 0 Å². The number of hydrogen-bond donors (Lipinski definition) is 1. The molecular formula is C33H67NO4. The number of ether oxygens (including phenoxy) is 2. The fourth-order valence-electron chi connectivity index (χ4n) is 4.99. The molecule has 1 N–H and O–H groups in total. The number of allylic oxidation sites excluding steroid dienone is 1. The number of aliphatic imine (C=N–C) groups is 1. The minimum absolute atomic E-state index is 0.0207. The number of methoxy groups -OCH3 is 1. The van der Waals surface area contributed by atoms with Crippen LogP contribution in [-0.2, 0) is 14.3 Å². The zero-order chi connectivity index (χ0) is 31.0. The first-order valence-corrected chi connectivity index (χ1v) is 15.1. The van der Waals surface area contributed by atoms with Gasteiger partial charge in [0.1, 0.15) is 11.9 Å². The zero-order valence-electron chi connectivity index (χ0n) is 28.5. The highest BCUT2D eigenvalue weighted by molar-refractivity contribution is 5.89. The lowest BCUT2D eigenvalue weighted by Gasteiger charge is -2.43. The van der Waals surface area contributed by atoms with Gasteiger partial charge >= 0.3 is 0 Å². The molecule has 0 aromatic heterocycles. The van der Waals surface area contributed by atoms with Gasteiger partial charge < -0.3 is 14.6 Å². The molecule has 0 radical (unpaired) electrons. The maximum absolute atomic E-state index is 13.0. The van der Waals surface area contributed by atoms with Gasteiger partial charge in [0.2, 0.25) is 0 Å². The predicted octanol–water partition coefficient (Wildman–Crippen LogP) is 8.78. The number of aliphatic hydroxyl groups excluding tert-OH is 1. The predicted molar refractivity (Wildman–Crippen MR) is 167 cm³/mol. The van der Waals surface area contributed by atoms with Crippen LogP contribution in [0.15, 0.2) is 17.3 Å². The number of Topliss-reactive ketones (excluding diaryl/α,β-unsaturated/α-hetero) is 1. The normalized spacial score (nSPS) is 33.4. The molecule has 5 heteroatoms. The standard InChI is InChI=1S/C25H45NO4.C4H10.2C2H6/c1-12-21-24(7,8)23(28)18(5)22(26-10)15(2)14-25(9,29-11)16(3)13-20(27)17(4)19(6)30-21;1-4(2)3;2*1-2/h15-18,21,23,28H,6,12-14H2,1-5,7-11H3;4H,1-3H3;2*1-2H3/t15-,16-,17?,18?,21-,23?,25-;;;/m1.../s1. The van der Waals surface area contributed by atoms with Gasteiger partial charge in [-0.05, 0) is 44.4 Å². The molecule has 0 aromatic carbocycles. The summed E-state index contributed by atoms with van der Waals surface area (Å²) in [4.78, 5) is 17.6. The van der Waals surface area contributed by atoms with Gasteiger partial charge in [-0.3, -0.25) is 9.79 Å².